The van der Waals surface area contributed by atoms with E-state index in [0.29, 0.717) is 22.6 Å². The molecule has 0 aliphatic rings. The molecular formula is C23H20F2N2O4. The number of benzene rings is 2. The van der Waals surface area contributed by atoms with E-state index < -0.39 is 36.0 Å². The number of nitrogens with zero attached hydrogens (tertiary/aromatic N) is 1. The molecule has 0 fully saturated rings. The SMILES string of the molecule is COc1ccc(C(=O)N[C@@H](CC(=O)O)c2ccccc2F)nc1-c1ccc(F)cc1C. The van der Waals surface area contributed by atoms with E-state index in [1.807, 2.05) is 0 Å². The van der Waals surface area contributed by atoms with Crippen molar-refractivity contribution in [3.8, 4) is 17.0 Å². The van der Waals surface area contributed by atoms with Crippen LogP contribution in [0.3, 0.4) is 0 Å². The van der Waals surface area contributed by atoms with Crippen LogP contribution in [0.2, 0.25) is 0 Å². The zero-order chi connectivity index (χ0) is 22.5. The van der Waals surface area contributed by atoms with Gasteiger partial charge >= 0.3 is 5.97 Å². The van der Waals surface area contributed by atoms with E-state index in [9.17, 15) is 23.5 Å². The average molecular weight is 426 g/mol. The van der Waals surface area contributed by atoms with Crippen molar-refractivity contribution in [3.63, 3.8) is 0 Å². The Morgan fingerprint density at radius 2 is 1.87 bits per heavy atom. The number of hydrogen-bond donors (Lipinski definition) is 2. The lowest BCUT2D eigenvalue weighted by Crippen LogP contribution is -2.31. The minimum Gasteiger partial charge on any atom is -0.494 e. The Bertz CT molecular complexity index is 1130. The van der Waals surface area contributed by atoms with Crippen LogP contribution < -0.4 is 10.1 Å². The van der Waals surface area contributed by atoms with Crippen LogP contribution in [0.15, 0.2) is 54.6 Å². The molecule has 160 valence electrons. The molecule has 0 radical (unpaired) electrons. The van der Waals surface area contributed by atoms with E-state index in [4.69, 9.17) is 4.74 Å². The highest BCUT2D eigenvalue weighted by molar-refractivity contribution is 5.94. The van der Waals surface area contributed by atoms with Crippen LogP contribution in [0.25, 0.3) is 11.3 Å². The highest BCUT2D eigenvalue weighted by Crippen LogP contribution is 2.31. The fourth-order valence-corrected chi connectivity index (χ4v) is 3.23. The van der Waals surface area contributed by atoms with Crippen molar-refractivity contribution in [1.82, 2.24) is 10.3 Å². The summed E-state index contributed by atoms with van der Waals surface area (Å²) in [6.07, 6.45) is -0.507. The summed E-state index contributed by atoms with van der Waals surface area (Å²) in [7, 11) is 1.44. The summed E-state index contributed by atoms with van der Waals surface area (Å²) in [6, 6.07) is 11.6. The third-order valence-corrected chi connectivity index (χ3v) is 4.72. The maximum absolute atomic E-state index is 14.2. The summed E-state index contributed by atoms with van der Waals surface area (Å²) >= 11 is 0. The fourth-order valence-electron chi connectivity index (χ4n) is 3.23. The summed E-state index contributed by atoms with van der Waals surface area (Å²) in [5.41, 5.74) is 1.53. The van der Waals surface area contributed by atoms with Gasteiger partial charge in [0.1, 0.15) is 28.8 Å². The Morgan fingerprint density at radius 3 is 2.52 bits per heavy atom. The van der Waals surface area contributed by atoms with E-state index in [1.54, 1.807) is 13.0 Å². The van der Waals surface area contributed by atoms with Crippen LogP contribution in [0, 0.1) is 18.6 Å². The summed E-state index contributed by atoms with van der Waals surface area (Å²) in [6.45, 7) is 1.70. The standard InChI is InChI=1S/C23H20F2N2O4/c1-13-11-14(24)7-8-15(13)22-20(31-2)10-9-18(26-22)23(30)27-19(12-21(28)29)16-5-3-4-6-17(16)25/h3-11,19H,12H2,1-2H3,(H,27,30)(H,28,29)/t19-/m0/s1. The second-order valence-electron chi connectivity index (χ2n) is 6.85. The number of carbonyl (C=O) groups is 2. The first kappa shape index (κ1) is 21.9. The molecule has 1 amide bonds. The van der Waals surface area contributed by atoms with E-state index in [2.05, 4.69) is 10.3 Å². The molecule has 1 heterocycles. The Morgan fingerprint density at radius 1 is 1.13 bits per heavy atom. The highest BCUT2D eigenvalue weighted by atomic mass is 19.1. The third-order valence-electron chi connectivity index (χ3n) is 4.72. The topological polar surface area (TPSA) is 88.5 Å². The van der Waals surface area contributed by atoms with Crippen LogP contribution in [-0.4, -0.2) is 29.1 Å². The van der Waals surface area contributed by atoms with E-state index >= 15 is 0 Å². The number of hydrogen-bond acceptors (Lipinski definition) is 4. The van der Waals surface area contributed by atoms with Gasteiger partial charge in [-0.1, -0.05) is 18.2 Å². The first-order valence-electron chi connectivity index (χ1n) is 9.38. The van der Waals surface area contributed by atoms with E-state index in [-0.39, 0.29) is 11.3 Å². The van der Waals surface area contributed by atoms with Gasteiger partial charge < -0.3 is 15.2 Å². The van der Waals surface area contributed by atoms with Gasteiger partial charge in [-0.2, -0.15) is 0 Å². The van der Waals surface area contributed by atoms with Crippen LogP contribution in [-0.2, 0) is 4.79 Å². The van der Waals surface area contributed by atoms with Crippen LogP contribution in [0.1, 0.15) is 34.1 Å². The molecule has 8 heteroatoms. The van der Waals surface area contributed by atoms with E-state index in [0.717, 1.165) is 0 Å². The number of carboxylic acid groups (broad SMARTS) is 1. The molecule has 0 saturated heterocycles. The smallest absolute Gasteiger partial charge is 0.305 e. The third kappa shape index (κ3) is 5.03. The molecule has 0 aliphatic heterocycles. The van der Waals surface area contributed by atoms with Crippen molar-refractivity contribution in [3.05, 3.63) is 83.1 Å². The molecular weight excluding hydrogens is 406 g/mol. The van der Waals surface area contributed by atoms with Crippen molar-refractivity contribution < 1.29 is 28.2 Å². The van der Waals surface area contributed by atoms with Crippen molar-refractivity contribution in [1.29, 1.82) is 0 Å². The summed E-state index contributed by atoms with van der Waals surface area (Å²) < 4.78 is 33.0. The van der Waals surface area contributed by atoms with Gasteiger partial charge in [-0.3, -0.25) is 9.59 Å². The second-order valence-corrected chi connectivity index (χ2v) is 6.85. The van der Waals surface area contributed by atoms with Gasteiger partial charge in [-0.05, 0) is 48.9 Å². The number of rotatable bonds is 7. The number of pyridine rings is 1. The fraction of sp³-hybridized carbons (Fsp3) is 0.174. The number of methoxy groups -OCH3 is 1. The molecule has 6 nitrogen and oxygen atoms in total. The lowest BCUT2D eigenvalue weighted by Gasteiger charge is -2.18. The first-order valence-corrected chi connectivity index (χ1v) is 9.38. The van der Waals surface area contributed by atoms with Gasteiger partial charge in [0.2, 0.25) is 0 Å². The van der Waals surface area contributed by atoms with Gasteiger partial charge in [0.05, 0.1) is 19.6 Å². The van der Waals surface area contributed by atoms with Crippen molar-refractivity contribution in [2.24, 2.45) is 0 Å². The maximum Gasteiger partial charge on any atom is 0.305 e. The predicted octanol–water partition coefficient (Wildman–Crippen LogP) is 4.29. The first-order chi connectivity index (χ1) is 14.8. The van der Waals surface area contributed by atoms with E-state index in [1.165, 1.54) is 55.6 Å². The number of aliphatic carboxylic acids is 1. The van der Waals surface area contributed by atoms with Crippen molar-refractivity contribution >= 4 is 11.9 Å². The monoisotopic (exact) mass is 426 g/mol. The van der Waals surface area contributed by atoms with Gasteiger partial charge in [-0.25, -0.2) is 13.8 Å². The van der Waals surface area contributed by atoms with Crippen molar-refractivity contribution in [2.75, 3.05) is 7.11 Å². The number of aryl methyl sites for hydroxylation is 1. The molecule has 2 N–H and O–H groups in total. The van der Waals surface area contributed by atoms with Gasteiger partial charge in [0.15, 0.2) is 0 Å². The van der Waals surface area contributed by atoms with Crippen LogP contribution in [0.5, 0.6) is 5.75 Å². The normalized spacial score (nSPS) is 11.6. The number of halogens is 2. The molecule has 0 saturated carbocycles. The Hall–Kier alpha value is -3.81. The largest absolute Gasteiger partial charge is 0.494 e. The quantitative estimate of drug-likeness (QED) is 0.588. The highest BCUT2D eigenvalue weighted by Gasteiger charge is 2.23. The second kappa shape index (κ2) is 9.34. The summed E-state index contributed by atoms with van der Waals surface area (Å²) in [5.74, 6) is -2.53. The Labute approximate surface area is 177 Å². The number of amides is 1. The number of ether oxygens (including phenoxy) is 1. The minimum atomic E-state index is -1.20. The molecule has 1 aromatic heterocycles. The molecule has 31 heavy (non-hydrogen) atoms. The molecule has 1 atom stereocenters. The average Bonchev–Trinajstić information content (AvgIpc) is 2.73. The molecule has 0 bridgehead atoms. The molecule has 3 rings (SSSR count). The number of aromatic nitrogens is 1. The number of carboxylic acids is 1. The van der Waals surface area contributed by atoms with Crippen molar-refractivity contribution in [2.45, 2.75) is 19.4 Å². The zero-order valence-electron chi connectivity index (χ0n) is 16.9. The Balaban J connectivity index is 1.97. The molecule has 0 unspecified atom stereocenters. The minimum absolute atomic E-state index is 0.0220. The zero-order valence-corrected chi connectivity index (χ0v) is 16.9. The van der Waals surface area contributed by atoms with Crippen LogP contribution >= 0.6 is 0 Å². The number of nitrogens with one attached hydrogen (secondary N) is 1. The molecule has 0 aliphatic carbocycles. The van der Waals surface area contributed by atoms with Gasteiger partial charge in [-0.15, -0.1) is 0 Å². The van der Waals surface area contributed by atoms with Gasteiger partial charge in [0.25, 0.3) is 5.91 Å². The lowest BCUT2D eigenvalue weighted by atomic mass is 10.0. The van der Waals surface area contributed by atoms with Gasteiger partial charge in [0, 0.05) is 11.1 Å². The Kier molecular flexibility index (Phi) is 6.59. The number of carbonyl (C=O) groups excluding carboxylic acids is 1. The molecule has 3 aromatic rings. The van der Waals surface area contributed by atoms with Crippen LogP contribution in [0.4, 0.5) is 8.78 Å². The predicted molar refractivity (Wildman–Crippen MR) is 110 cm³/mol. The summed E-state index contributed by atoms with van der Waals surface area (Å²) in [5, 5.41) is 11.7. The lowest BCUT2D eigenvalue weighted by molar-refractivity contribution is -0.137. The molecule has 2 aromatic carbocycles. The molecule has 0 spiro atoms. The maximum atomic E-state index is 14.2. The summed E-state index contributed by atoms with van der Waals surface area (Å²) in [4.78, 5) is 28.5.